The van der Waals surface area contributed by atoms with Crippen LogP contribution in [0.5, 0.6) is 0 Å². The van der Waals surface area contributed by atoms with Crippen molar-refractivity contribution < 1.29 is 4.42 Å². The van der Waals surface area contributed by atoms with Crippen LogP contribution in [0.15, 0.2) is 168 Å². The first-order valence-corrected chi connectivity index (χ1v) is 17.0. The molecular weight excluding hydrogens is 595 g/mol. The van der Waals surface area contributed by atoms with Crippen LogP contribution in [0.2, 0.25) is 0 Å². The number of para-hydroxylation sites is 2. The zero-order valence-corrected chi connectivity index (χ0v) is 27.4. The molecular formula is C47H33NO. The summed E-state index contributed by atoms with van der Waals surface area (Å²) in [4.78, 5) is 2.50. The molecule has 0 aliphatic heterocycles. The molecule has 9 aromatic rings. The summed E-state index contributed by atoms with van der Waals surface area (Å²) < 4.78 is 6.47. The average molecular weight is 628 g/mol. The molecule has 1 aromatic heterocycles. The summed E-state index contributed by atoms with van der Waals surface area (Å²) in [5.41, 5.74) is 12.8. The van der Waals surface area contributed by atoms with Gasteiger partial charge in [0.05, 0.1) is 17.1 Å². The van der Waals surface area contributed by atoms with Crippen molar-refractivity contribution in [1.82, 2.24) is 0 Å². The van der Waals surface area contributed by atoms with Crippen molar-refractivity contribution in [3.8, 4) is 22.3 Å². The molecule has 1 aliphatic carbocycles. The molecule has 0 saturated heterocycles. The zero-order valence-electron chi connectivity index (χ0n) is 27.4. The van der Waals surface area contributed by atoms with Crippen molar-refractivity contribution in [3.63, 3.8) is 0 Å². The van der Waals surface area contributed by atoms with Gasteiger partial charge in [-0.1, -0.05) is 135 Å². The highest BCUT2D eigenvalue weighted by Gasteiger charge is 2.38. The molecule has 232 valence electrons. The average Bonchev–Trinajstić information content (AvgIpc) is 3.62. The molecule has 0 radical (unpaired) electrons. The predicted molar refractivity (Wildman–Crippen MR) is 206 cm³/mol. The summed E-state index contributed by atoms with van der Waals surface area (Å²) in [5.74, 6) is 0. The van der Waals surface area contributed by atoms with Gasteiger partial charge in [0.25, 0.3) is 0 Å². The van der Waals surface area contributed by atoms with Gasteiger partial charge in [0.1, 0.15) is 11.2 Å². The summed E-state index contributed by atoms with van der Waals surface area (Å²) in [5, 5.41) is 7.07. The first-order chi connectivity index (χ1) is 24.1. The van der Waals surface area contributed by atoms with Crippen molar-refractivity contribution in [2.75, 3.05) is 4.90 Å². The minimum atomic E-state index is -0.120. The molecule has 1 heterocycles. The molecule has 2 nitrogen and oxygen atoms in total. The van der Waals surface area contributed by atoms with Crippen molar-refractivity contribution in [1.29, 1.82) is 0 Å². The van der Waals surface area contributed by atoms with Gasteiger partial charge in [-0.15, -0.1) is 0 Å². The summed E-state index contributed by atoms with van der Waals surface area (Å²) in [6.07, 6.45) is 0. The Balaban J connectivity index is 1.30. The number of hydrogen-bond acceptors (Lipinski definition) is 2. The Morgan fingerprint density at radius 1 is 0.429 bits per heavy atom. The number of hydrogen-bond donors (Lipinski definition) is 0. The monoisotopic (exact) mass is 627 g/mol. The normalized spacial score (nSPS) is 13.3. The molecule has 0 saturated carbocycles. The molecule has 0 N–H and O–H groups in total. The first-order valence-electron chi connectivity index (χ1n) is 17.0. The molecule has 49 heavy (non-hydrogen) atoms. The number of furan rings is 1. The zero-order chi connectivity index (χ0) is 32.7. The number of fused-ring (bicyclic) bond motifs is 8. The van der Waals surface area contributed by atoms with Crippen LogP contribution in [0.1, 0.15) is 25.0 Å². The van der Waals surface area contributed by atoms with E-state index in [0.29, 0.717) is 0 Å². The maximum atomic E-state index is 6.47. The van der Waals surface area contributed by atoms with Crippen LogP contribution in [-0.4, -0.2) is 0 Å². The fraction of sp³-hybridized carbons (Fsp3) is 0.0638. The molecule has 1 aliphatic rings. The van der Waals surface area contributed by atoms with Crippen LogP contribution < -0.4 is 4.90 Å². The third kappa shape index (κ3) is 4.14. The lowest BCUT2D eigenvalue weighted by molar-refractivity contribution is 0.660. The predicted octanol–water partition coefficient (Wildman–Crippen LogP) is 13.3. The van der Waals surface area contributed by atoms with Crippen molar-refractivity contribution >= 4 is 60.5 Å². The largest absolute Gasteiger partial charge is 0.456 e. The lowest BCUT2D eigenvalue weighted by atomic mass is 9.82. The van der Waals surface area contributed by atoms with Crippen molar-refractivity contribution in [2.45, 2.75) is 19.3 Å². The van der Waals surface area contributed by atoms with Gasteiger partial charge in [0.2, 0.25) is 0 Å². The molecule has 10 rings (SSSR count). The molecule has 0 spiro atoms. The van der Waals surface area contributed by atoms with Gasteiger partial charge in [0, 0.05) is 32.7 Å². The molecule has 0 bridgehead atoms. The number of anilines is 3. The van der Waals surface area contributed by atoms with Crippen molar-refractivity contribution in [3.05, 3.63) is 175 Å². The Morgan fingerprint density at radius 2 is 1.10 bits per heavy atom. The molecule has 0 atom stereocenters. The van der Waals surface area contributed by atoms with Crippen LogP contribution in [0, 0.1) is 0 Å². The lowest BCUT2D eigenvalue weighted by Crippen LogP contribution is -2.16. The highest BCUT2D eigenvalue weighted by Crippen LogP contribution is 2.55. The number of benzene rings is 8. The van der Waals surface area contributed by atoms with Crippen LogP contribution in [0.4, 0.5) is 17.1 Å². The molecule has 2 heteroatoms. The number of rotatable bonds is 4. The second kappa shape index (κ2) is 10.4. The third-order valence-corrected chi connectivity index (χ3v) is 10.6. The van der Waals surface area contributed by atoms with Crippen LogP contribution in [0.25, 0.3) is 65.7 Å². The smallest absolute Gasteiger partial charge is 0.136 e. The standard InChI is InChI=1S/C47H33NO/c1-47(2)39-19-8-5-18-36(39)46-40(47)20-12-23-43(46)48(41-21-9-6-16-34(41)33-26-25-30-13-3-4-14-31(30)27-33)42-22-11-15-32-28-38-35-17-7-10-24-44(35)49-45(38)29-37(32)42/h3-29H,1-2H3. The summed E-state index contributed by atoms with van der Waals surface area (Å²) in [7, 11) is 0. The maximum Gasteiger partial charge on any atom is 0.136 e. The Bertz CT molecular complexity index is 2770. The van der Waals surface area contributed by atoms with E-state index in [0.717, 1.165) is 38.7 Å². The Labute approximate surface area is 285 Å². The van der Waals surface area contributed by atoms with E-state index >= 15 is 0 Å². The van der Waals surface area contributed by atoms with Gasteiger partial charge in [-0.2, -0.15) is 0 Å². The number of nitrogens with zero attached hydrogens (tertiary/aromatic N) is 1. The van der Waals surface area contributed by atoms with E-state index in [1.54, 1.807) is 0 Å². The van der Waals surface area contributed by atoms with E-state index in [-0.39, 0.29) is 5.41 Å². The lowest BCUT2D eigenvalue weighted by Gasteiger charge is -2.31. The van der Waals surface area contributed by atoms with E-state index in [1.165, 1.54) is 55.2 Å². The molecule has 0 fully saturated rings. The highest BCUT2D eigenvalue weighted by atomic mass is 16.3. The molecule has 0 unspecified atom stereocenters. The highest BCUT2D eigenvalue weighted by molar-refractivity contribution is 6.14. The van der Waals surface area contributed by atoms with Gasteiger partial charge in [0.15, 0.2) is 0 Å². The quantitative estimate of drug-likeness (QED) is 0.193. The van der Waals surface area contributed by atoms with E-state index < -0.39 is 0 Å². The van der Waals surface area contributed by atoms with E-state index in [1.807, 2.05) is 6.07 Å². The SMILES string of the molecule is CC1(C)c2ccccc2-c2c(N(c3ccccc3-c3ccc4ccccc4c3)c3cccc4cc5c(cc34)oc3ccccc35)cccc21. The summed E-state index contributed by atoms with van der Waals surface area (Å²) in [6.45, 7) is 4.70. The Kier molecular flexibility index (Phi) is 5.95. The maximum absolute atomic E-state index is 6.47. The van der Waals surface area contributed by atoms with Gasteiger partial charge >= 0.3 is 0 Å². The topological polar surface area (TPSA) is 16.4 Å². The molecule has 8 aromatic carbocycles. The summed E-state index contributed by atoms with van der Waals surface area (Å²) in [6, 6.07) is 59.6. The van der Waals surface area contributed by atoms with Gasteiger partial charge in [-0.05, 0) is 80.9 Å². The fourth-order valence-electron chi connectivity index (χ4n) is 8.26. The minimum absolute atomic E-state index is 0.120. The molecule has 0 amide bonds. The second-order valence-electron chi connectivity index (χ2n) is 13.7. The van der Waals surface area contributed by atoms with Crippen molar-refractivity contribution in [2.24, 2.45) is 0 Å². The van der Waals surface area contributed by atoms with Crippen LogP contribution in [0.3, 0.4) is 0 Å². The summed E-state index contributed by atoms with van der Waals surface area (Å²) >= 11 is 0. The van der Waals surface area contributed by atoms with E-state index in [9.17, 15) is 0 Å². The second-order valence-corrected chi connectivity index (χ2v) is 13.7. The minimum Gasteiger partial charge on any atom is -0.456 e. The van der Waals surface area contributed by atoms with Gasteiger partial charge in [-0.3, -0.25) is 0 Å². The van der Waals surface area contributed by atoms with Gasteiger partial charge in [-0.25, -0.2) is 0 Å². The van der Waals surface area contributed by atoms with E-state index in [2.05, 4.69) is 176 Å². The van der Waals surface area contributed by atoms with Crippen LogP contribution >= 0.6 is 0 Å². The van der Waals surface area contributed by atoms with Crippen LogP contribution in [-0.2, 0) is 5.41 Å². The van der Waals surface area contributed by atoms with Gasteiger partial charge < -0.3 is 9.32 Å². The third-order valence-electron chi connectivity index (χ3n) is 10.6. The fourth-order valence-corrected chi connectivity index (χ4v) is 8.26. The Hall–Kier alpha value is -6.12. The Morgan fingerprint density at radius 3 is 2.02 bits per heavy atom. The van der Waals surface area contributed by atoms with E-state index in [4.69, 9.17) is 4.42 Å². The first kappa shape index (κ1) is 27.9.